The van der Waals surface area contributed by atoms with Crippen molar-refractivity contribution in [3.05, 3.63) is 77.0 Å². The molecule has 0 aliphatic carbocycles. The predicted octanol–water partition coefficient (Wildman–Crippen LogP) is 4.29. The molecule has 1 aromatic carbocycles. The van der Waals surface area contributed by atoms with Crippen molar-refractivity contribution in [1.29, 1.82) is 0 Å². The number of nitrogens with one attached hydrogen (secondary N) is 2. The first-order valence-corrected chi connectivity index (χ1v) is 9.34. The minimum atomic E-state index is -0.256. The van der Waals surface area contributed by atoms with Crippen molar-refractivity contribution in [2.75, 3.05) is 5.32 Å². The molecule has 0 aliphatic heterocycles. The highest BCUT2D eigenvalue weighted by Gasteiger charge is 2.14. The van der Waals surface area contributed by atoms with E-state index in [1.165, 1.54) is 5.56 Å². The molecule has 0 fully saturated rings. The van der Waals surface area contributed by atoms with E-state index in [4.69, 9.17) is 0 Å². The summed E-state index contributed by atoms with van der Waals surface area (Å²) in [5, 5.41) is 6.24. The minimum Gasteiger partial charge on any atom is -0.345 e. The Morgan fingerprint density at radius 1 is 1.07 bits per heavy atom. The molecule has 0 spiro atoms. The largest absolute Gasteiger partial charge is 0.345 e. The topological polar surface area (TPSA) is 79.8 Å². The molecule has 144 valence electrons. The SMILES string of the molecule is Cc1nc(Nc2c(C)cccc2C(C)C)cc(C(=O)NCc2ccccn2)n1. The van der Waals surface area contributed by atoms with E-state index < -0.39 is 0 Å². The Labute approximate surface area is 165 Å². The molecule has 0 unspecified atom stereocenters. The van der Waals surface area contributed by atoms with Gasteiger partial charge in [0.05, 0.1) is 12.2 Å². The van der Waals surface area contributed by atoms with Crippen LogP contribution in [0.3, 0.4) is 0 Å². The van der Waals surface area contributed by atoms with E-state index in [0.29, 0.717) is 29.8 Å². The maximum atomic E-state index is 12.6. The van der Waals surface area contributed by atoms with Gasteiger partial charge in [-0.05, 0) is 43.0 Å². The van der Waals surface area contributed by atoms with E-state index >= 15 is 0 Å². The maximum absolute atomic E-state index is 12.6. The highest BCUT2D eigenvalue weighted by atomic mass is 16.1. The average Bonchev–Trinajstić information content (AvgIpc) is 2.68. The van der Waals surface area contributed by atoms with Gasteiger partial charge in [-0.15, -0.1) is 0 Å². The lowest BCUT2D eigenvalue weighted by Crippen LogP contribution is -2.24. The maximum Gasteiger partial charge on any atom is 0.270 e. The van der Waals surface area contributed by atoms with Gasteiger partial charge in [0.25, 0.3) is 5.91 Å². The number of hydrogen-bond donors (Lipinski definition) is 2. The summed E-state index contributed by atoms with van der Waals surface area (Å²) in [6.45, 7) is 8.49. The van der Waals surface area contributed by atoms with E-state index in [1.54, 1.807) is 19.2 Å². The number of aryl methyl sites for hydroxylation is 2. The van der Waals surface area contributed by atoms with Crippen LogP contribution in [0.5, 0.6) is 0 Å². The quantitative estimate of drug-likeness (QED) is 0.672. The van der Waals surface area contributed by atoms with Gasteiger partial charge in [-0.25, -0.2) is 9.97 Å². The molecule has 2 heterocycles. The van der Waals surface area contributed by atoms with Crippen molar-refractivity contribution < 1.29 is 4.79 Å². The first-order valence-electron chi connectivity index (χ1n) is 9.34. The van der Waals surface area contributed by atoms with E-state index in [1.807, 2.05) is 18.2 Å². The molecule has 6 heteroatoms. The van der Waals surface area contributed by atoms with Crippen LogP contribution in [0.1, 0.15) is 52.9 Å². The Kier molecular flexibility index (Phi) is 5.99. The number of nitrogens with zero attached hydrogens (tertiary/aromatic N) is 3. The van der Waals surface area contributed by atoms with Gasteiger partial charge in [0.15, 0.2) is 0 Å². The van der Waals surface area contributed by atoms with E-state index in [0.717, 1.165) is 16.9 Å². The zero-order valence-corrected chi connectivity index (χ0v) is 16.7. The van der Waals surface area contributed by atoms with Crippen molar-refractivity contribution in [2.24, 2.45) is 0 Å². The summed E-state index contributed by atoms with van der Waals surface area (Å²) >= 11 is 0. The molecule has 0 aliphatic rings. The van der Waals surface area contributed by atoms with Crippen LogP contribution in [0, 0.1) is 13.8 Å². The summed E-state index contributed by atoms with van der Waals surface area (Å²) < 4.78 is 0. The van der Waals surface area contributed by atoms with Gasteiger partial charge in [0, 0.05) is 18.0 Å². The van der Waals surface area contributed by atoms with Crippen LogP contribution < -0.4 is 10.6 Å². The molecule has 0 radical (unpaired) electrons. The number of aromatic nitrogens is 3. The van der Waals surface area contributed by atoms with Crippen LogP contribution in [0.4, 0.5) is 11.5 Å². The van der Waals surface area contributed by atoms with Gasteiger partial charge in [-0.1, -0.05) is 38.1 Å². The van der Waals surface area contributed by atoms with Crippen molar-refractivity contribution in [1.82, 2.24) is 20.3 Å². The molecule has 3 rings (SSSR count). The molecule has 2 N–H and O–H groups in total. The van der Waals surface area contributed by atoms with Crippen LogP contribution in [0.25, 0.3) is 0 Å². The Morgan fingerprint density at radius 3 is 2.61 bits per heavy atom. The number of pyridine rings is 1. The fourth-order valence-corrected chi connectivity index (χ4v) is 2.98. The molecule has 3 aromatic rings. The average molecular weight is 375 g/mol. The second-order valence-electron chi connectivity index (χ2n) is 7.01. The van der Waals surface area contributed by atoms with Crippen LogP contribution in [-0.4, -0.2) is 20.9 Å². The summed E-state index contributed by atoms with van der Waals surface area (Å²) in [4.78, 5) is 25.5. The van der Waals surface area contributed by atoms with Gasteiger partial charge in [0.2, 0.25) is 0 Å². The van der Waals surface area contributed by atoms with E-state index in [2.05, 4.69) is 64.6 Å². The lowest BCUT2D eigenvalue weighted by Gasteiger charge is -2.17. The number of anilines is 2. The molecule has 0 saturated carbocycles. The van der Waals surface area contributed by atoms with Gasteiger partial charge in [0.1, 0.15) is 17.3 Å². The van der Waals surface area contributed by atoms with Gasteiger partial charge in [-0.2, -0.15) is 0 Å². The molecule has 0 saturated heterocycles. The van der Waals surface area contributed by atoms with E-state index in [9.17, 15) is 4.79 Å². The number of carbonyl (C=O) groups excluding carboxylic acids is 1. The van der Waals surface area contributed by atoms with Crippen molar-refractivity contribution in [3.63, 3.8) is 0 Å². The number of amides is 1. The second-order valence-corrected chi connectivity index (χ2v) is 7.01. The molecule has 2 aromatic heterocycles. The summed E-state index contributed by atoms with van der Waals surface area (Å²) in [6, 6.07) is 13.5. The highest BCUT2D eigenvalue weighted by Crippen LogP contribution is 2.29. The second kappa shape index (κ2) is 8.61. The number of para-hydroxylation sites is 1. The normalized spacial score (nSPS) is 10.8. The third-order valence-corrected chi connectivity index (χ3v) is 4.41. The zero-order valence-electron chi connectivity index (χ0n) is 16.7. The third kappa shape index (κ3) is 4.71. The lowest BCUT2D eigenvalue weighted by atomic mass is 9.98. The highest BCUT2D eigenvalue weighted by molar-refractivity contribution is 5.93. The monoisotopic (exact) mass is 375 g/mol. The molecular weight excluding hydrogens is 350 g/mol. The Bertz CT molecular complexity index is 970. The van der Waals surface area contributed by atoms with Crippen LogP contribution in [0.2, 0.25) is 0 Å². The van der Waals surface area contributed by atoms with Gasteiger partial charge >= 0.3 is 0 Å². The first-order chi connectivity index (χ1) is 13.4. The fraction of sp³-hybridized carbons (Fsp3) is 0.273. The number of benzene rings is 1. The number of rotatable bonds is 6. The van der Waals surface area contributed by atoms with Gasteiger partial charge < -0.3 is 10.6 Å². The Morgan fingerprint density at radius 2 is 1.89 bits per heavy atom. The summed E-state index contributed by atoms with van der Waals surface area (Å²) in [7, 11) is 0. The number of hydrogen-bond acceptors (Lipinski definition) is 5. The standard InChI is InChI=1S/C22H25N5O/c1-14(2)18-10-7-8-15(3)21(18)27-20-12-19(25-16(4)26-20)22(28)24-13-17-9-5-6-11-23-17/h5-12,14H,13H2,1-4H3,(H,24,28)(H,25,26,27). The predicted molar refractivity (Wildman–Crippen MR) is 111 cm³/mol. The van der Waals surface area contributed by atoms with Crippen LogP contribution in [0.15, 0.2) is 48.7 Å². The van der Waals surface area contributed by atoms with Crippen molar-refractivity contribution in [3.8, 4) is 0 Å². The summed E-state index contributed by atoms with van der Waals surface area (Å²) in [5.74, 6) is 1.25. The Hall–Kier alpha value is -3.28. The minimum absolute atomic E-state index is 0.256. The van der Waals surface area contributed by atoms with Crippen molar-refractivity contribution in [2.45, 2.75) is 40.2 Å². The summed E-state index contributed by atoms with van der Waals surface area (Å²) in [5.41, 5.74) is 4.48. The van der Waals surface area contributed by atoms with Crippen LogP contribution >= 0.6 is 0 Å². The molecule has 6 nitrogen and oxygen atoms in total. The summed E-state index contributed by atoms with van der Waals surface area (Å²) in [6.07, 6.45) is 1.70. The lowest BCUT2D eigenvalue weighted by molar-refractivity contribution is 0.0945. The zero-order chi connectivity index (χ0) is 20.1. The third-order valence-electron chi connectivity index (χ3n) is 4.41. The molecule has 1 amide bonds. The van der Waals surface area contributed by atoms with Gasteiger partial charge in [-0.3, -0.25) is 9.78 Å². The smallest absolute Gasteiger partial charge is 0.270 e. The molecular formula is C22H25N5O. The molecule has 28 heavy (non-hydrogen) atoms. The fourth-order valence-electron chi connectivity index (χ4n) is 2.98. The first kappa shape index (κ1) is 19.5. The Balaban J connectivity index is 1.81. The van der Waals surface area contributed by atoms with Crippen molar-refractivity contribution >= 4 is 17.4 Å². The molecule has 0 bridgehead atoms. The molecule has 0 atom stereocenters. The number of carbonyl (C=O) groups is 1. The van der Waals surface area contributed by atoms with E-state index in [-0.39, 0.29) is 5.91 Å². The van der Waals surface area contributed by atoms with Crippen LogP contribution in [-0.2, 0) is 6.54 Å².